The normalized spacial score (nSPS) is 29.5. The molecule has 1 aromatic heterocycles. The first kappa shape index (κ1) is 15.6. The highest BCUT2D eigenvalue weighted by atomic mass is 32.2. The summed E-state index contributed by atoms with van der Waals surface area (Å²) in [4.78, 5) is 12.9. The fraction of sp³-hybridized carbons (Fsp3) is 0.444. The molecule has 2 bridgehead atoms. The minimum Gasteiger partial charge on any atom is -0.294 e. The number of nitrogens with zero attached hydrogens (tertiary/aromatic N) is 4. The number of carbonyl (C=O) groups is 1. The van der Waals surface area contributed by atoms with Gasteiger partial charge in [0.05, 0.1) is 5.69 Å². The first-order chi connectivity index (χ1) is 11.4. The van der Waals surface area contributed by atoms with Crippen LogP contribution in [-0.4, -0.2) is 26.0 Å². The van der Waals surface area contributed by atoms with Crippen LogP contribution in [0.1, 0.15) is 33.6 Å². The predicted octanol–water partition coefficient (Wildman–Crippen LogP) is 3.66. The van der Waals surface area contributed by atoms with Crippen molar-refractivity contribution in [3.63, 3.8) is 0 Å². The van der Waals surface area contributed by atoms with E-state index in [-0.39, 0.29) is 10.8 Å². The largest absolute Gasteiger partial charge is 0.294 e. The van der Waals surface area contributed by atoms with E-state index in [1.54, 1.807) is 4.68 Å². The molecule has 24 heavy (non-hydrogen) atoms. The van der Waals surface area contributed by atoms with Crippen molar-refractivity contribution in [3.05, 3.63) is 41.3 Å². The van der Waals surface area contributed by atoms with Gasteiger partial charge in [-0.2, -0.15) is 4.68 Å². The summed E-state index contributed by atoms with van der Waals surface area (Å²) in [6, 6.07) is 9.78. The topological polar surface area (TPSA) is 60.7 Å². The number of carbonyl (C=O) groups excluding carboxylic acids is 1. The van der Waals surface area contributed by atoms with Crippen LogP contribution in [0.25, 0.3) is 5.69 Å². The van der Waals surface area contributed by atoms with Gasteiger partial charge in [-0.3, -0.25) is 4.79 Å². The molecule has 0 saturated heterocycles. The van der Waals surface area contributed by atoms with Crippen LogP contribution < -0.4 is 0 Å². The van der Waals surface area contributed by atoms with Gasteiger partial charge in [0.25, 0.3) is 0 Å². The molecule has 2 fully saturated rings. The molecular formula is C18H20N4OS. The summed E-state index contributed by atoms with van der Waals surface area (Å²) in [5.41, 5.74) is 1.66. The fourth-order valence-electron chi connectivity index (χ4n) is 4.16. The van der Waals surface area contributed by atoms with E-state index < -0.39 is 0 Å². The van der Waals surface area contributed by atoms with Gasteiger partial charge in [0.2, 0.25) is 5.16 Å². The Kier molecular flexibility index (Phi) is 3.42. The minimum atomic E-state index is -0.227. The number of tetrazole rings is 1. The van der Waals surface area contributed by atoms with Gasteiger partial charge in [-0.05, 0) is 52.1 Å². The number of aromatic nitrogens is 4. The van der Waals surface area contributed by atoms with Gasteiger partial charge >= 0.3 is 0 Å². The van der Waals surface area contributed by atoms with E-state index in [1.807, 2.05) is 35.7 Å². The first-order valence-corrected chi connectivity index (χ1v) is 9.08. The van der Waals surface area contributed by atoms with E-state index in [0.717, 1.165) is 24.1 Å². The van der Waals surface area contributed by atoms with Gasteiger partial charge in [0, 0.05) is 11.0 Å². The molecule has 1 heterocycles. The van der Waals surface area contributed by atoms with Crippen LogP contribution in [0.4, 0.5) is 0 Å². The zero-order valence-corrected chi connectivity index (χ0v) is 14.9. The number of rotatable bonds is 3. The summed E-state index contributed by atoms with van der Waals surface area (Å²) in [5, 5.41) is 14.6. The molecule has 1 aromatic carbocycles. The Bertz CT molecular complexity index is 827. The molecule has 2 saturated carbocycles. The number of thioether (sulfide) groups is 1. The number of ketones is 1. The van der Waals surface area contributed by atoms with Crippen molar-refractivity contribution < 1.29 is 4.79 Å². The quantitative estimate of drug-likeness (QED) is 0.630. The lowest BCUT2D eigenvalue weighted by Gasteiger charge is -2.31. The van der Waals surface area contributed by atoms with Gasteiger partial charge in [0.1, 0.15) is 0 Å². The molecule has 0 amide bonds. The summed E-state index contributed by atoms with van der Waals surface area (Å²) in [5.74, 6) is 0.638. The second kappa shape index (κ2) is 5.28. The maximum Gasteiger partial charge on any atom is 0.218 e. The van der Waals surface area contributed by atoms with Crippen LogP contribution in [-0.2, 0) is 4.79 Å². The van der Waals surface area contributed by atoms with Gasteiger partial charge < -0.3 is 0 Å². The van der Waals surface area contributed by atoms with E-state index >= 15 is 0 Å². The SMILES string of the molecule is CC12CCC(C(=CSc3nnnn3-c3ccccc3)C1=O)C2(C)C. The Hall–Kier alpha value is -1.95. The molecule has 0 spiro atoms. The molecule has 0 N–H and O–H groups in total. The predicted molar refractivity (Wildman–Crippen MR) is 92.7 cm³/mol. The van der Waals surface area contributed by atoms with Crippen LogP contribution in [0.3, 0.4) is 0 Å². The van der Waals surface area contributed by atoms with E-state index in [4.69, 9.17) is 0 Å². The van der Waals surface area contributed by atoms with Gasteiger partial charge in [-0.15, -0.1) is 5.10 Å². The van der Waals surface area contributed by atoms with Gasteiger partial charge in [-0.1, -0.05) is 50.7 Å². The van der Waals surface area contributed by atoms with Crippen LogP contribution in [0, 0.1) is 16.7 Å². The summed E-state index contributed by atoms with van der Waals surface area (Å²) in [6.45, 7) is 6.57. The summed E-state index contributed by atoms with van der Waals surface area (Å²) in [7, 11) is 0. The van der Waals surface area contributed by atoms with E-state index in [9.17, 15) is 4.79 Å². The van der Waals surface area contributed by atoms with Crippen LogP contribution in [0.15, 0.2) is 46.5 Å². The second-order valence-corrected chi connectivity index (χ2v) is 8.21. The molecule has 0 aliphatic heterocycles. The maximum absolute atomic E-state index is 12.9. The molecule has 4 rings (SSSR count). The number of benzene rings is 1. The Morgan fingerprint density at radius 2 is 2.00 bits per heavy atom. The lowest BCUT2D eigenvalue weighted by atomic mass is 9.70. The Labute approximate surface area is 145 Å². The zero-order chi connectivity index (χ0) is 16.9. The number of allylic oxidation sites excluding steroid dienone is 1. The zero-order valence-electron chi connectivity index (χ0n) is 14.1. The number of para-hydroxylation sites is 1. The molecular weight excluding hydrogens is 320 g/mol. The second-order valence-electron chi connectivity index (χ2n) is 7.37. The first-order valence-electron chi connectivity index (χ1n) is 8.20. The maximum atomic E-state index is 12.9. The minimum absolute atomic E-state index is 0.0296. The Morgan fingerprint density at radius 1 is 1.25 bits per heavy atom. The smallest absolute Gasteiger partial charge is 0.218 e. The van der Waals surface area contributed by atoms with Crippen LogP contribution >= 0.6 is 11.8 Å². The van der Waals surface area contributed by atoms with Crippen molar-refractivity contribution in [1.29, 1.82) is 0 Å². The third-order valence-corrected chi connectivity index (χ3v) is 6.94. The number of hydrogen-bond acceptors (Lipinski definition) is 5. The Balaban J connectivity index is 1.64. The monoisotopic (exact) mass is 340 g/mol. The molecule has 6 heteroatoms. The van der Waals surface area contributed by atoms with Crippen molar-refractivity contribution in [1.82, 2.24) is 20.2 Å². The highest BCUT2D eigenvalue weighted by Gasteiger charge is 2.63. The molecule has 2 atom stereocenters. The molecule has 2 aliphatic rings. The molecule has 0 radical (unpaired) electrons. The molecule has 5 nitrogen and oxygen atoms in total. The van der Waals surface area contributed by atoms with E-state index in [2.05, 4.69) is 36.3 Å². The number of fused-ring (bicyclic) bond motifs is 2. The number of Topliss-reactive ketones (excluding diaryl/α,β-unsaturated/α-hetero) is 1. The lowest BCUT2D eigenvalue weighted by molar-refractivity contribution is -0.125. The van der Waals surface area contributed by atoms with Crippen molar-refractivity contribution in [3.8, 4) is 5.69 Å². The molecule has 2 aliphatic carbocycles. The van der Waals surface area contributed by atoms with Gasteiger partial charge in [0.15, 0.2) is 5.78 Å². The van der Waals surface area contributed by atoms with Gasteiger partial charge in [-0.25, -0.2) is 0 Å². The highest BCUT2D eigenvalue weighted by Crippen LogP contribution is 2.65. The molecule has 2 unspecified atom stereocenters. The van der Waals surface area contributed by atoms with Crippen molar-refractivity contribution in [2.24, 2.45) is 16.7 Å². The summed E-state index contributed by atoms with van der Waals surface area (Å²) >= 11 is 1.43. The third kappa shape index (κ3) is 2.02. The van der Waals surface area contributed by atoms with Crippen molar-refractivity contribution in [2.75, 3.05) is 0 Å². The van der Waals surface area contributed by atoms with Crippen molar-refractivity contribution >= 4 is 17.5 Å². The average molecular weight is 340 g/mol. The average Bonchev–Trinajstić information content (AvgIpc) is 3.17. The van der Waals surface area contributed by atoms with Crippen molar-refractivity contribution in [2.45, 2.75) is 38.8 Å². The number of hydrogen-bond donors (Lipinski definition) is 0. The van der Waals surface area contributed by atoms with E-state index in [1.165, 1.54) is 11.8 Å². The molecule has 2 aromatic rings. The van der Waals surface area contributed by atoms with Crippen LogP contribution in [0.5, 0.6) is 0 Å². The highest BCUT2D eigenvalue weighted by molar-refractivity contribution is 8.02. The van der Waals surface area contributed by atoms with Crippen LogP contribution in [0.2, 0.25) is 0 Å². The third-order valence-electron chi connectivity index (χ3n) is 6.10. The fourth-order valence-corrected chi connectivity index (χ4v) is 4.99. The lowest BCUT2D eigenvalue weighted by Crippen LogP contribution is -2.32. The summed E-state index contributed by atoms with van der Waals surface area (Å²) < 4.78 is 1.70. The summed E-state index contributed by atoms with van der Waals surface area (Å²) in [6.07, 6.45) is 2.08. The standard InChI is InChI=1S/C18H20N4OS/c1-17(2)14-9-10-18(17,3)15(23)13(14)11-24-16-19-20-21-22(16)12-7-5-4-6-8-12/h4-8,11,14H,9-10H2,1-3H3. The van der Waals surface area contributed by atoms with E-state index in [0.29, 0.717) is 16.9 Å². The Morgan fingerprint density at radius 3 is 2.67 bits per heavy atom. The molecule has 124 valence electrons.